The van der Waals surface area contributed by atoms with Gasteiger partial charge in [-0.1, -0.05) is 12.1 Å². The number of anilines is 1. The quantitative estimate of drug-likeness (QED) is 0.718. The number of rotatable bonds is 5. The predicted molar refractivity (Wildman–Crippen MR) is 81.4 cm³/mol. The normalized spacial score (nSPS) is 12.5. The number of carbonyl (C=O) groups excluding carboxylic acids is 2. The first-order chi connectivity index (χ1) is 11.8. The van der Waals surface area contributed by atoms with E-state index in [2.05, 4.69) is 5.32 Å². The van der Waals surface area contributed by atoms with Crippen LogP contribution in [0.1, 0.15) is 23.8 Å². The predicted octanol–water partition coefficient (Wildman–Crippen LogP) is 2.48. The molecular formula is C16H15F3N2O4. The molecule has 134 valence electrons. The standard InChI is InChI=1S/C16H15F3N2O4/c17-16(18,19)10-4-1-2-5-11(10)21-15(24)14(23)20-8-7-12(22)13-6-3-9-25-13/h1-6,9,12,22H,7-8H2,(H,20,23)(H,21,24). The van der Waals surface area contributed by atoms with E-state index in [0.29, 0.717) is 5.76 Å². The number of alkyl halides is 3. The van der Waals surface area contributed by atoms with Crippen LogP contribution in [0.4, 0.5) is 18.9 Å². The molecule has 2 rings (SSSR count). The highest BCUT2D eigenvalue weighted by Gasteiger charge is 2.34. The maximum atomic E-state index is 12.8. The first-order valence-electron chi connectivity index (χ1n) is 7.26. The summed E-state index contributed by atoms with van der Waals surface area (Å²) in [5, 5.41) is 13.9. The fraction of sp³-hybridized carbons (Fsp3) is 0.250. The van der Waals surface area contributed by atoms with Crippen molar-refractivity contribution in [1.82, 2.24) is 5.32 Å². The Bertz CT molecular complexity index is 729. The van der Waals surface area contributed by atoms with Gasteiger partial charge in [-0.2, -0.15) is 13.2 Å². The van der Waals surface area contributed by atoms with Crippen LogP contribution in [-0.2, 0) is 15.8 Å². The summed E-state index contributed by atoms with van der Waals surface area (Å²) >= 11 is 0. The molecule has 1 aromatic heterocycles. The molecule has 6 nitrogen and oxygen atoms in total. The summed E-state index contributed by atoms with van der Waals surface area (Å²) in [6.45, 7) is -0.0605. The Balaban J connectivity index is 1.88. The second-order valence-electron chi connectivity index (χ2n) is 5.07. The van der Waals surface area contributed by atoms with Gasteiger partial charge >= 0.3 is 18.0 Å². The molecule has 1 unspecified atom stereocenters. The van der Waals surface area contributed by atoms with Crippen molar-refractivity contribution in [2.75, 3.05) is 11.9 Å². The van der Waals surface area contributed by atoms with E-state index in [1.54, 1.807) is 12.1 Å². The van der Waals surface area contributed by atoms with Crippen molar-refractivity contribution in [3.8, 4) is 0 Å². The highest BCUT2D eigenvalue weighted by Crippen LogP contribution is 2.34. The van der Waals surface area contributed by atoms with Gasteiger partial charge in [-0.25, -0.2) is 0 Å². The van der Waals surface area contributed by atoms with E-state index < -0.39 is 35.3 Å². The molecule has 0 fully saturated rings. The molecule has 0 radical (unpaired) electrons. The maximum absolute atomic E-state index is 12.8. The maximum Gasteiger partial charge on any atom is 0.418 e. The lowest BCUT2D eigenvalue weighted by atomic mass is 10.1. The fourth-order valence-corrected chi connectivity index (χ4v) is 2.04. The summed E-state index contributed by atoms with van der Waals surface area (Å²) in [6, 6.07) is 7.47. The molecule has 2 aromatic rings. The van der Waals surface area contributed by atoms with Crippen molar-refractivity contribution >= 4 is 17.5 Å². The van der Waals surface area contributed by atoms with Crippen LogP contribution in [0.15, 0.2) is 47.1 Å². The Hall–Kier alpha value is -2.81. The van der Waals surface area contributed by atoms with E-state index in [9.17, 15) is 27.9 Å². The van der Waals surface area contributed by atoms with Gasteiger partial charge in [0.05, 0.1) is 17.5 Å². The van der Waals surface area contributed by atoms with Crippen molar-refractivity contribution in [3.05, 3.63) is 54.0 Å². The van der Waals surface area contributed by atoms with Crippen LogP contribution in [0, 0.1) is 0 Å². The van der Waals surface area contributed by atoms with E-state index in [4.69, 9.17) is 4.42 Å². The van der Waals surface area contributed by atoms with E-state index in [-0.39, 0.29) is 13.0 Å². The van der Waals surface area contributed by atoms with Crippen LogP contribution in [0.25, 0.3) is 0 Å². The molecule has 0 saturated heterocycles. The number of aliphatic hydroxyl groups is 1. The van der Waals surface area contributed by atoms with Crippen LogP contribution in [0.5, 0.6) is 0 Å². The van der Waals surface area contributed by atoms with Crippen LogP contribution in [0.3, 0.4) is 0 Å². The van der Waals surface area contributed by atoms with Crippen LogP contribution in [0.2, 0.25) is 0 Å². The second kappa shape index (κ2) is 7.84. The third-order valence-electron chi connectivity index (χ3n) is 3.26. The minimum Gasteiger partial charge on any atom is -0.467 e. The summed E-state index contributed by atoms with van der Waals surface area (Å²) in [4.78, 5) is 23.4. The average Bonchev–Trinajstić information content (AvgIpc) is 3.08. The van der Waals surface area contributed by atoms with Crippen molar-refractivity contribution in [2.24, 2.45) is 0 Å². The Morgan fingerprint density at radius 3 is 2.48 bits per heavy atom. The van der Waals surface area contributed by atoms with E-state index >= 15 is 0 Å². The number of carbonyl (C=O) groups is 2. The molecule has 1 heterocycles. The molecule has 0 saturated carbocycles. The third-order valence-corrected chi connectivity index (χ3v) is 3.26. The molecule has 9 heteroatoms. The second-order valence-corrected chi connectivity index (χ2v) is 5.07. The summed E-state index contributed by atoms with van der Waals surface area (Å²) in [5.41, 5.74) is -1.56. The minimum atomic E-state index is -4.66. The van der Waals surface area contributed by atoms with Crippen LogP contribution >= 0.6 is 0 Å². The lowest BCUT2D eigenvalue weighted by Crippen LogP contribution is -2.36. The van der Waals surface area contributed by atoms with Crippen LogP contribution < -0.4 is 10.6 Å². The van der Waals surface area contributed by atoms with Gasteiger partial charge in [-0.15, -0.1) is 0 Å². The lowest BCUT2D eigenvalue weighted by Gasteiger charge is -2.13. The molecule has 0 aliphatic carbocycles. The monoisotopic (exact) mass is 356 g/mol. The minimum absolute atomic E-state index is 0.0605. The van der Waals surface area contributed by atoms with Crippen molar-refractivity contribution < 1.29 is 32.3 Å². The lowest BCUT2D eigenvalue weighted by molar-refractivity contribution is -0.138. The molecule has 1 atom stereocenters. The molecule has 2 amide bonds. The number of halogens is 3. The van der Waals surface area contributed by atoms with E-state index in [1.807, 2.05) is 5.32 Å². The van der Waals surface area contributed by atoms with E-state index in [1.165, 1.54) is 18.4 Å². The number of furan rings is 1. The molecule has 1 aromatic carbocycles. The Morgan fingerprint density at radius 1 is 1.12 bits per heavy atom. The highest BCUT2D eigenvalue weighted by atomic mass is 19.4. The molecule has 0 aliphatic heterocycles. The Labute approximate surface area is 140 Å². The van der Waals surface area contributed by atoms with Gasteiger partial charge in [0.2, 0.25) is 0 Å². The molecule has 3 N–H and O–H groups in total. The Morgan fingerprint density at radius 2 is 1.84 bits per heavy atom. The number of benzene rings is 1. The number of hydrogen-bond acceptors (Lipinski definition) is 4. The first kappa shape index (κ1) is 18.5. The fourth-order valence-electron chi connectivity index (χ4n) is 2.04. The van der Waals surface area contributed by atoms with Crippen molar-refractivity contribution in [3.63, 3.8) is 0 Å². The Kier molecular flexibility index (Phi) is 5.81. The van der Waals surface area contributed by atoms with Gasteiger partial charge in [0.15, 0.2) is 0 Å². The number of amides is 2. The zero-order chi connectivity index (χ0) is 18.4. The zero-order valence-electron chi connectivity index (χ0n) is 12.8. The molecular weight excluding hydrogens is 341 g/mol. The third kappa shape index (κ3) is 5.08. The number of para-hydroxylation sites is 1. The molecule has 0 bridgehead atoms. The summed E-state index contributed by atoms with van der Waals surface area (Å²) < 4.78 is 43.5. The van der Waals surface area contributed by atoms with Crippen molar-refractivity contribution in [1.29, 1.82) is 0 Å². The topological polar surface area (TPSA) is 91.6 Å². The number of aliphatic hydroxyl groups excluding tert-OH is 1. The first-order valence-corrected chi connectivity index (χ1v) is 7.26. The smallest absolute Gasteiger partial charge is 0.418 e. The summed E-state index contributed by atoms with van der Waals surface area (Å²) in [6.07, 6.45) is -4.17. The van der Waals surface area contributed by atoms with Gasteiger partial charge in [-0.05, 0) is 30.7 Å². The molecule has 0 aliphatic rings. The summed E-state index contributed by atoms with van der Waals surface area (Å²) in [7, 11) is 0. The largest absolute Gasteiger partial charge is 0.467 e. The number of nitrogens with one attached hydrogen (secondary N) is 2. The van der Waals surface area contributed by atoms with Gasteiger partial charge in [0.1, 0.15) is 11.9 Å². The van der Waals surface area contributed by atoms with Gasteiger partial charge in [0, 0.05) is 6.54 Å². The van der Waals surface area contributed by atoms with Gasteiger partial charge in [0.25, 0.3) is 0 Å². The molecule has 25 heavy (non-hydrogen) atoms. The average molecular weight is 356 g/mol. The van der Waals surface area contributed by atoms with Gasteiger partial charge in [-0.3, -0.25) is 9.59 Å². The highest BCUT2D eigenvalue weighted by molar-refractivity contribution is 6.39. The molecule has 0 spiro atoms. The zero-order valence-corrected chi connectivity index (χ0v) is 12.8. The van der Waals surface area contributed by atoms with Crippen molar-refractivity contribution in [2.45, 2.75) is 18.7 Å². The van der Waals surface area contributed by atoms with E-state index in [0.717, 1.165) is 12.1 Å². The SMILES string of the molecule is O=C(NCCC(O)c1ccco1)C(=O)Nc1ccccc1C(F)(F)F. The van der Waals surface area contributed by atoms with Gasteiger partial charge < -0.3 is 20.2 Å². The number of hydrogen-bond donors (Lipinski definition) is 3. The van der Waals surface area contributed by atoms with Crippen LogP contribution in [-0.4, -0.2) is 23.5 Å². The summed E-state index contributed by atoms with van der Waals surface area (Å²) in [5.74, 6) is -2.04.